The van der Waals surface area contributed by atoms with Crippen molar-refractivity contribution >= 4 is 27.7 Å². The number of hydrogen-bond donors (Lipinski definition) is 0. The molecule has 0 fully saturated rings. The maximum atomic E-state index is 12.3. The van der Waals surface area contributed by atoms with Gasteiger partial charge in [-0.05, 0) is 12.1 Å². The fourth-order valence-corrected chi connectivity index (χ4v) is 2.23. The van der Waals surface area contributed by atoms with Crippen LogP contribution in [0.25, 0.3) is 5.76 Å². The lowest BCUT2D eigenvalue weighted by molar-refractivity contribution is -0.153. The number of rotatable bonds is 3. The van der Waals surface area contributed by atoms with Gasteiger partial charge < -0.3 is 14.4 Å². The summed E-state index contributed by atoms with van der Waals surface area (Å²) >= 11 is 3.18. The van der Waals surface area contributed by atoms with Crippen molar-refractivity contribution in [1.82, 2.24) is 4.90 Å². The first-order chi connectivity index (χ1) is 9.67. The fourth-order valence-electron chi connectivity index (χ4n) is 1.80. The topological polar surface area (TPSA) is 38.8 Å². The standard InChI is InChI=1S/C13H11BrF3NO3/c1-18(2)5-10-8-3-7(14)4-9(11(8)12(19)21-10)20-6-13(15,16)17/h3-5H,6H2,1-2H3. The van der Waals surface area contributed by atoms with Gasteiger partial charge in [0.05, 0.1) is 0 Å². The number of esters is 1. The Morgan fingerprint density at radius 1 is 1.38 bits per heavy atom. The highest BCUT2D eigenvalue weighted by Crippen LogP contribution is 2.39. The van der Waals surface area contributed by atoms with Crippen LogP contribution in [0.1, 0.15) is 15.9 Å². The highest BCUT2D eigenvalue weighted by Gasteiger charge is 2.34. The Balaban J connectivity index is 2.44. The van der Waals surface area contributed by atoms with Crippen molar-refractivity contribution < 1.29 is 27.4 Å². The summed E-state index contributed by atoms with van der Waals surface area (Å²) < 4.78 is 47.1. The van der Waals surface area contributed by atoms with E-state index < -0.39 is 18.8 Å². The maximum absolute atomic E-state index is 12.3. The SMILES string of the molecule is CN(C)C=C1OC(=O)c2c(OCC(F)(F)F)cc(Br)cc21. The second kappa shape index (κ2) is 5.59. The smallest absolute Gasteiger partial charge is 0.422 e. The number of alkyl halides is 3. The Morgan fingerprint density at radius 3 is 2.62 bits per heavy atom. The summed E-state index contributed by atoms with van der Waals surface area (Å²) in [5, 5.41) is 0. The van der Waals surface area contributed by atoms with Gasteiger partial charge >= 0.3 is 12.1 Å². The van der Waals surface area contributed by atoms with Crippen LogP contribution in [0.3, 0.4) is 0 Å². The number of benzene rings is 1. The van der Waals surface area contributed by atoms with Crippen LogP contribution >= 0.6 is 15.9 Å². The quantitative estimate of drug-likeness (QED) is 0.769. The molecule has 1 aromatic rings. The third-order valence-electron chi connectivity index (χ3n) is 2.51. The number of nitrogens with zero attached hydrogens (tertiary/aromatic N) is 1. The van der Waals surface area contributed by atoms with Gasteiger partial charge in [-0.15, -0.1) is 0 Å². The first kappa shape index (κ1) is 15.7. The maximum Gasteiger partial charge on any atom is 0.422 e. The lowest BCUT2D eigenvalue weighted by atomic mass is 10.1. The van der Waals surface area contributed by atoms with E-state index in [2.05, 4.69) is 15.9 Å². The van der Waals surface area contributed by atoms with Gasteiger partial charge in [-0.1, -0.05) is 15.9 Å². The zero-order chi connectivity index (χ0) is 15.8. The molecule has 1 heterocycles. The molecule has 0 bridgehead atoms. The Bertz CT molecular complexity index is 611. The van der Waals surface area contributed by atoms with Gasteiger partial charge in [0.2, 0.25) is 0 Å². The molecule has 1 aliphatic heterocycles. The van der Waals surface area contributed by atoms with Crippen molar-refractivity contribution in [3.8, 4) is 5.75 Å². The van der Waals surface area contributed by atoms with E-state index >= 15 is 0 Å². The van der Waals surface area contributed by atoms with E-state index in [1.54, 1.807) is 31.3 Å². The Kier molecular flexibility index (Phi) is 4.18. The zero-order valence-electron chi connectivity index (χ0n) is 11.1. The third kappa shape index (κ3) is 3.69. The van der Waals surface area contributed by atoms with Crippen molar-refractivity contribution in [3.05, 3.63) is 33.9 Å². The first-order valence-corrected chi connectivity index (χ1v) is 6.60. The lowest BCUT2D eigenvalue weighted by Gasteiger charge is -2.11. The molecule has 0 amide bonds. The molecule has 1 aliphatic rings. The summed E-state index contributed by atoms with van der Waals surface area (Å²) in [7, 11) is 3.47. The molecule has 114 valence electrons. The zero-order valence-corrected chi connectivity index (χ0v) is 12.7. The molecule has 1 aromatic carbocycles. The summed E-state index contributed by atoms with van der Waals surface area (Å²) in [5.74, 6) is -0.634. The molecule has 0 aliphatic carbocycles. The van der Waals surface area contributed by atoms with Crippen LogP contribution in [0.5, 0.6) is 5.75 Å². The monoisotopic (exact) mass is 365 g/mol. The number of carbonyl (C=O) groups excluding carboxylic acids is 1. The average Bonchev–Trinajstić information content (AvgIpc) is 2.61. The molecule has 0 aromatic heterocycles. The van der Waals surface area contributed by atoms with E-state index in [-0.39, 0.29) is 17.1 Å². The normalized spacial score (nSPS) is 15.9. The van der Waals surface area contributed by atoms with Crippen molar-refractivity contribution in [2.45, 2.75) is 6.18 Å². The van der Waals surface area contributed by atoms with Gasteiger partial charge in [0, 0.05) is 30.3 Å². The van der Waals surface area contributed by atoms with Crippen molar-refractivity contribution in [1.29, 1.82) is 0 Å². The summed E-state index contributed by atoms with van der Waals surface area (Å²) in [6, 6.07) is 2.90. The molecule has 4 nitrogen and oxygen atoms in total. The number of carbonyl (C=O) groups is 1. The number of hydrogen-bond acceptors (Lipinski definition) is 4. The fraction of sp³-hybridized carbons (Fsp3) is 0.308. The molecule has 0 atom stereocenters. The summed E-state index contributed by atoms with van der Waals surface area (Å²) in [5.41, 5.74) is 0.385. The molecule has 0 saturated heterocycles. The minimum absolute atomic E-state index is 0.00412. The molecule has 0 saturated carbocycles. The van der Waals surface area contributed by atoms with E-state index in [4.69, 9.17) is 9.47 Å². The average molecular weight is 366 g/mol. The molecule has 2 rings (SSSR count). The molecular formula is C13H11BrF3NO3. The predicted molar refractivity (Wildman–Crippen MR) is 72.8 cm³/mol. The molecular weight excluding hydrogens is 355 g/mol. The largest absolute Gasteiger partial charge is 0.483 e. The Labute approximate surface area is 127 Å². The molecule has 0 radical (unpaired) electrons. The van der Waals surface area contributed by atoms with E-state index in [1.165, 1.54) is 6.07 Å². The number of ether oxygens (including phenoxy) is 2. The lowest BCUT2D eigenvalue weighted by Crippen LogP contribution is -2.20. The number of cyclic esters (lactones) is 1. The summed E-state index contributed by atoms with van der Waals surface area (Å²) in [4.78, 5) is 13.5. The highest BCUT2D eigenvalue weighted by molar-refractivity contribution is 9.10. The van der Waals surface area contributed by atoms with Gasteiger partial charge in [-0.25, -0.2) is 4.79 Å². The number of halogens is 4. The molecule has 8 heteroatoms. The van der Waals surface area contributed by atoms with E-state index in [9.17, 15) is 18.0 Å². The molecule has 21 heavy (non-hydrogen) atoms. The first-order valence-electron chi connectivity index (χ1n) is 5.81. The van der Waals surface area contributed by atoms with Crippen LogP contribution in [0.2, 0.25) is 0 Å². The Hall–Kier alpha value is -1.70. The van der Waals surface area contributed by atoms with Crippen LogP contribution < -0.4 is 4.74 Å². The van der Waals surface area contributed by atoms with Crippen molar-refractivity contribution in [2.75, 3.05) is 20.7 Å². The molecule has 0 unspecified atom stereocenters. The molecule has 0 spiro atoms. The van der Waals surface area contributed by atoms with Crippen LogP contribution in [0, 0.1) is 0 Å². The number of fused-ring (bicyclic) bond motifs is 1. The van der Waals surface area contributed by atoms with Crippen LogP contribution in [0.15, 0.2) is 22.8 Å². The van der Waals surface area contributed by atoms with Gasteiger partial charge in [0.15, 0.2) is 12.4 Å². The Morgan fingerprint density at radius 2 is 2.05 bits per heavy atom. The van der Waals surface area contributed by atoms with E-state index in [1.807, 2.05) is 0 Å². The second-order valence-corrected chi connectivity index (χ2v) is 5.49. The minimum atomic E-state index is -4.49. The minimum Gasteiger partial charge on any atom is -0.483 e. The van der Waals surface area contributed by atoms with E-state index in [0.29, 0.717) is 10.0 Å². The second-order valence-electron chi connectivity index (χ2n) is 4.58. The van der Waals surface area contributed by atoms with Gasteiger partial charge in [0.1, 0.15) is 11.3 Å². The van der Waals surface area contributed by atoms with Crippen LogP contribution in [-0.2, 0) is 4.74 Å². The van der Waals surface area contributed by atoms with Gasteiger partial charge in [0.25, 0.3) is 0 Å². The summed E-state index contributed by atoms with van der Waals surface area (Å²) in [6.07, 6.45) is -2.93. The van der Waals surface area contributed by atoms with Crippen molar-refractivity contribution in [3.63, 3.8) is 0 Å². The van der Waals surface area contributed by atoms with Crippen molar-refractivity contribution in [2.24, 2.45) is 0 Å². The molecule has 0 N–H and O–H groups in total. The predicted octanol–water partition coefficient (Wildman–Crippen LogP) is 3.42. The summed E-state index contributed by atoms with van der Waals surface area (Å²) in [6.45, 7) is -1.48. The van der Waals surface area contributed by atoms with Gasteiger partial charge in [-0.2, -0.15) is 13.2 Å². The third-order valence-corrected chi connectivity index (χ3v) is 2.96. The highest BCUT2D eigenvalue weighted by atomic mass is 79.9. The van der Waals surface area contributed by atoms with Crippen LogP contribution in [0.4, 0.5) is 13.2 Å². The van der Waals surface area contributed by atoms with E-state index in [0.717, 1.165) is 0 Å². The van der Waals surface area contributed by atoms with Crippen LogP contribution in [-0.4, -0.2) is 37.7 Å². The van der Waals surface area contributed by atoms with Gasteiger partial charge in [-0.3, -0.25) is 0 Å².